The number of carbonyl (C=O) groups is 2. The predicted octanol–water partition coefficient (Wildman–Crippen LogP) is 2.80. The lowest BCUT2D eigenvalue weighted by atomic mass is 10.2. The lowest BCUT2D eigenvalue weighted by Gasteiger charge is -2.01. The molecule has 2 aromatic carbocycles. The molecule has 0 saturated heterocycles. The van der Waals surface area contributed by atoms with Gasteiger partial charge >= 0.3 is 0 Å². The minimum Gasteiger partial charge on any atom is -0.273 e. The molecule has 0 aliphatic heterocycles. The van der Waals surface area contributed by atoms with Crippen LogP contribution in [0.4, 0.5) is 0 Å². The van der Waals surface area contributed by atoms with Gasteiger partial charge in [-0.1, -0.05) is 60.7 Å². The topological polar surface area (TPSA) is 82.9 Å². The van der Waals surface area contributed by atoms with Crippen LogP contribution in [0.15, 0.2) is 70.9 Å². The molecule has 0 saturated carbocycles. The van der Waals surface area contributed by atoms with Crippen LogP contribution in [-0.4, -0.2) is 35.7 Å². The highest BCUT2D eigenvalue weighted by Gasteiger charge is 2.02. The van der Waals surface area contributed by atoms with Crippen molar-refractivity contribution in [2.45, 2.75) is 12.8 Å². The Morgan fingerprint density at radius 1 is 0.741 bits per heavy atom. The Bertz CT molecular complexity index is 699. The maximum atomic E-state index is 11.7. The molecule has 2 N–H and O–H groups in total. The largest absolute Gasteiger partial charge is 0.273 e. The molecule has 2 amide bonds. The maximum absolute atomic E-state index is 11.7. The van der Waals surface area contributed by atoms with Crippen molar-refractivity contribution in [3.63, 3.8) is 0 Å². The third-order valence-corrected chi connectivity index (χ3v) is 4.34. The van der Waals surface area contributed by atoms with Crippen molar-refractivity contribution >= 4 is 36.0 Å². The predicted molar refractivity (Wildman–Crippen MR) is 111 cm³/mol. The van der Waals surface area contributed by atoms with Crippen molar-refractivity contribution < 1.29 is 9.59 Å². The number of rotatable bonds is 10. The summed E-state index contributed by atoms with van der Waals surface area (Å²) in [5, 5.41) is 7.83. The first kappa shape index (κ1) is 20.4. The molecule has 7 heteroatoms. The summed E-state index contributed by atoms with van der Waals surface area (Å²) >= 11 is 1.54. The van der Waals surface area contributed by atoms with E-state index in [2.05, 4.69) is 21.1 Å². The van der Waals surface area contributed by atoms with Gasteiger partial charge in [0.25, 0.3) is 0 Å². The molecule has 0 spiro atoms. The van der Waals surface area contributed by atoms with E-state index in [1.54, 1.807) is 24.2 Å². The molecule has 0 atom stereocenters. The number of nitrogens with one attached hydrogen (secondary N) is 2. The Labute approximate surface area is 163 Å². The molecule has 0 heterocycles. The Morgan fingerprint density at radius 2 is 1.15 bits per heavy atom. The van der Waals surface area contributed by atoms with Crippen LogP contribution in [0.5, 0.6) is 0 Å². The smallest absolute Gasteiger partial charge is 0.240 e. The second kappa shape index (κ2) is 12.4. The van der Waals surface area contributed by atoms with Gasteiger partial charge in [0.15, 0.2) is 0 Å². The quantitative estimate of drug-likeness (QED) is 0.377. The van der Waals surface area contributed by atoms with Crippen molar-refractivity contribution in [2.75, 3.05) is 11.5 Å². The van der Waals surface area contributed by atoms with Gasteiger partial charge in [0.05, 0.1) is 12.4 Å². The van der Waals surface area contributed by atoms with E-state index < -0.39 is 0 Å². The number of hydrazone groups is 2. The third-order valence-electron chi connectivity index (χ3n) is 3.35. The number of hydrogen-bond acceptors (Lipinski definition) is 5. The summed E-state index contributed by atoms with van der Waals surface area (Å²) in [5.41, 5.74) is 6.83. The summed E-state index contributed by atoms with van der Waals surface area (Å²) < 4.78 is 0. The normalized spacial score (nSPS) is 11.0. The molecule has 0 unspecified atom stereocenters. The van der Waals surface area contributed by atoms with Crippen LogP contribution in [0.1, 0.15) is 24.0 Å². The van der Waals surface area contributed by atoms with Gasteiger partial charge in [0.1, 0.15) is 0 Å². The lowest BCUT2D eigenvalue weighted by molar-refractivity contribution is -0.121. The monoisotopic (exact) mass is 382 g/mol. The van der Waals surface area contributed by atoms with Gasteiger partial charge in [0, 0.05) is 24.3 Å². The van der Waals surface area contributed by atoms with Gasteiger partial charge in [-0.05, 0) is 11.1 Å². The van der Waals surface area contributed by atoms with E-state index in [-0.39, 0.29) is 11.8 Å². The van der Waals surface area contributed by atoms with Crippen LogP contribution in [-0.2, 0) is 9.59 Å². The number of carbonyl (C=O) groups excluding carboxylic acids is 2. The number of thioether (sulfide) groups is 1. The molecule has 0 aromatic heterocycles. The zero-order valence-electron chi connectivity index (χ0n) is 14.9. The van der Waals surface area contributed by atoms with Crippen molar-refractivity contribution in [3.8, 4) is 0 Å². The fraction of sp³-hybridized carbons (Fsp3) is 0.200. The standard InChI is InChI=1S/C20H22N4O2S/c25-19(23-21-15-17-7-3-1-4-8-17)11-13-27-14-12-20(26)24-22-16-18-9-5-2-6-10-18/h1-10,15-16H,11-14H2,(H,23,25)(H,24,26)/b21-15+,22-16?. The van der Waals surface area contributed by atoms with Gasteiger partial charge in [-0.25, -0.2) is 10.9 Å². The summed E-state index contributed by atoms with van der Waals surface area (Å²) in [6.45, 7) is 0. The van der Waals surface area contributed by atoms with Crippen molar-refractivity contribution in [3.05, 3.63) is 71.8 Å². The summed E-state index contributed by atoms with van der Waals surface area (Å²) in [6.07, 6.45) is 3.91. The minimum absolute atomic E-state index is 0.147. The summed E-state index contributed by atoms with van der Waals surface area (Å²) in [5.74, 6) is 0.971. The SMILES string of the molecule is O=C(CCSCCC(=O)N/N=C/c1ccccc1)NN=Cc1ccccc1. The Balaban J connectivity index is 1.51. The van der Waals surface area contributed by atoms with Crippen LogP contribution >= 0.6 is 11.8 Å². The van der Waals surface area contributed by atoms with Gasteiger partial charge in [-0.3, -0.25) is 9.59 Å². The molecule has 27 heavy (non-hydrogen) atoms. The van der Waals surface area contributed by atoms with Gasteiger partial charge in [-0.2, -0.15) is 22.0 Å². The Morgan fingerprint density at radius 3 is 1.56 bits per heavy atom. The first-order valence-corrected chi connectivity index (χ1v) is 9.71. The zero-order chi connectivity index (χ0) is 19.2. The van der Waals surface area contributed by atoms with Crippen LogP contribution in [0.25, 0.3) is 0 Å². The van der Waals surface area contributed by atoms with E-state index >= 15 is 0 Å². The lowest BCUT2D eigenvalue weighted by Crippen LogP contribution is -2.19. The van der Waals surface area contributed by atoms with Crippen molar-refractivity contribution in [1.29, 1.82) is 0 Å². The molecule has 6 nitrogen and oxygen atoms in total. The summed E-state index contributed by atoms with van der Waals surface area (Å²) in [6, 6.07) is 19.1. The van der Waals surface area contributed by atoms with Gasteiger partial charge in [-0.15, -0.1) is 0 Å². The number of benzene rings is 2. The molecule has 2 aromatic rings. The van der Waals surface area contributed by atoms with E-state index in [9.17, 15) is 9.59 Å². The van der Waals surface area contributed by atoms with E-state index in [0.717, 1.165) is 11.1 Å². The Hall–Kier alpha value is -2.93. The number of hydrogen-bond donors (Lipinski definition) is 2. The van der Waals surface area contributed by atoms with Crippen LogP contribution in [0, 0.1) is 0 Å². The van der Waals surface area contributed by atoms with E-state index in [4.69, 9.17) is 0 Å². The number of amides is 2. The summed E-state index contributed by atoms with van der Waals surface area (Å²) in [4.78, 5) is 23.3. The molecular weight excluding hydrogens is 360 g/mol. The first-order valence-electron chi connectivity index (χ1n) is 8.56. The van der Waals surface area contributed by atoms with E-state index in [1.165, 1.54) is 0 Å². The second-order valence-corrected chi connectivity index (χ2v) is 6.74. The molecule has 2 rings (SSSR count). The van der Waals surface area contributed by atoms with E-state index in [0.29, 0.717) is 24.3 Å². The highest BCUT2D eigenvalue weighted by atomic mass is 32.2. The minimum atomic E-state index is -0.147. The molecule has 0 bridgehead atoms. The average Bonchev–Trinajstić information content (AvgIpc) is 2.69. The highest BCUT2D eigenvalue weighted by Crippen LogP contribution is 2.04. The molecule has 0 aliphatic rings. The van der Waals surface area contributed by atoms with Crippen LogP contribution in [0.2, 0.25) is 0 Å². The molecule has 0 fully saturated rings. The van der Waals surface area contributed by atoms with Crippen molar-refractivity contribution in [1.82, 2.24) is 10.9 Å². The van der Waals surface area contributed by atoms with Crippen molar-refractivity contribution in [2.24, 2.45) is 10.2 Å². The second-order valence-electron chi connectivity index (χ2n) is 5.52. The van der Waals surface area contributed by atoms with Gasteiger partial charge < -0.3 is 0 Å². The van der Waals surface area contributed by atoms with Crippen LogP contribution in [0.3, 0.4) is 0 Å². The Kier molecular flexibility index (Phi) is 9.38. The fourth-order valence-electron chi connectivity index (χ4n) is 1.98. The molecular formula is C20H22N4O2S. The zero-order valence-corrected chi connectivity index (χ0v) is 15.7. The molecule has 0 radical (unpaired) electrons. The average molecular weight is 382 g/mol. The number of nitrogens with zero attached hydrogens (tertiary/aromatic N) is 2. The third kappa shape index (κ3) is 9.37. The van der Waals surface area contributed by atoms with E-state index in [1.807, 2.05) is 60.7 Å². The van der Waals surface area contributed by atoms with Gasteiger partial charge in [0.2, 0.25) is 11.8 Å². The molecule has 140 valence electrons. The van der Waals surface area contributed by atoms with Crippen LogP contribution < -0.4 is 10.9 Å². The highest BCUT2D eigenvalue weighted by molar-refractivity contribution is 7.99. The summed E-state index contributed by atoms with van der Waals surface area (Å²) in [7, 11) is 0. The first-order chi connectivity index (χ1) is 13.2. The maximum Gasteiger partial charge on any atom is 0.240 e. The molecule has 0 aliphatic carbocycles. The fourth-order valence-corrected chi connectivity index (χ4v) is 2.84.